The van der Waals surface area contributed by atoms with E-state index in [0.717, 1.165) is 5.56 Å². The fraction of sp³-hybridized carbons (Fsp3) is 0.154. The van der Waals surface area contributed by atoms with E-state index in [9.17, 15) is 10.1 Å². The van der Waals surface area contributed by atoms with E-state index in [1.807, 2.05) is 0 Å². The topological polar surface area (TPSA) is 133 Å². The fourth-order valence-electron chi connectivity index (χ4n) is 1.93. The average Bonchev–Trinajstić information content (AvgIpc) is 3.01. The molecular weight excluding hydrogens is 334 g/mol. The van der Waals surface area contributed by atoms with Crippen LogP contribution in [-0.2, 0) is 6.54 Å². The van der Waals surface area contributed by atoms with Crippen molar-refractivity contribution < 1.29 is 9.66 Å². The molecule has 0 saturated heterocycles. The van der Waals surface area contributed by atoms with Crippen molar-refractivity contribution in [2.45, 2.75) is 6.54 Å². The first kappa shape index (κ1) is 17.3. The number of hydrogen-bond donors (Lipinski definition) is 3. The minimum absolute atomic E-state index is 0.0913. The van der Waals surface area contributed by atoms with E-state index >= 15 is 0 Å². The number of nitrogens with zero attached hydrogens (tertiary/aromatic N) is 4. The second kappa shape index (κ2) is 7.99. The first-order valence-electron chi connectivity index (χ1n) is 6.66. The monoisotopic (exact) mass is 349 g/mol. The number of methoxy groups -OCH3 is 1. The maximum absolute atomic E-state index is 11.1. The molecule has 2 rings (SSSR count). The Labute approximate surface area is 142 Å². The van der Waals surface area contributed by atoms with Gasteiger partial charge in [0.2, 0.25) is 5.11 Å². The van der Waals surface area contributed by atoms with Crippen molar-refractivity contribution in [3.8, 4) is 5.75 Å². The lowest BCUT2D eigenvalue weighted by molar-refractivity contribution is -0.385. The molecule has 24 heavy (non-hydrogen) atoms. The van der Waals surface area contributed by atoms with Crippen molar-refractivity contribution in [3.05, 3.63) is 52.1 Å². The van der Waals surface area contributed by atoms with Gasteiger partial charge in [0.1, 0.15) is 0 Å². The second-order valence-corrected chi connectivity index (χ2v) is 4.96. The molecule has 0 spiro atoms. The number of imidazole rings is 1. The predicted molar refractivity (Wildman–Crippen MR) is 91.6 cm³/mol. The SMILES string of the molecule is COc1ccc(Cn2cncc2/C=N\NC(=S)NN)cc1[N+](=O)[O-]. The highest BCUT2D eigenvalue weighted by atomic mass is 32.1. The Bertz CT molecular complexity index is 775. The Morgan fingerprint density at radius 1 is 1.62 bits per heavy atom. The van der Waals surface area contributed by atoms with Crippen molar-refractivity contribution in [3.63, 3.8) is 0 Å². The van der Waals surface area contributed by atoms with Crippen molar-refractivity contribution in [2.24, 2.45) is 10.9 Å². The Morgan fingerprint density at radius 3 is 3.08 bits per heavy atom. The standard InChI is InChI=1S/C13H15N7O3S/c1-23-12-3-2-9(4-11(12)20(21)22)7-19-8-15-5-10(19)6-16-18-13(24)17-14/h2-6,8H,7,14H2,1H3,(H2,17,18,24)/b16-6-. The third kappa shape index (κ3) is 4.24. The number of thiocarbonyl (C=S) groups is 1. The summed E-state index contributed by atoms with van der Waals surface area (Å²) < 4.78 is 6.76. The summed E-state index contributed by atoms with van der Waals surface area (Å²) >= 11 is 4.79. The molecular formula is C13H15N7O3S. The maximum atomic E-state index is 11.1. The van der Waals surface area contributed by atoms with Gasteiger partial charge in [0.15, 0.2) is 5.75 Å². The molecule has 0 amide bonds. The van der Waals surface area contributed by atoms with E-state index in [4.69, 9.17) is 22.8 Å². The smallest absolute Gasteiger partial charge is 0.311 e. The number of benzene rings is 1. The highest BCUT2D eigenvalue weighted by molar-refractivity contribution is 7.80. The van der Waals surface area contributed by atoms with Crippen LogP contribution in [0.5, 0.6) is 5.75 Å². The van der Waals surface area contributed by atoms with Crippen molar-refractivity contribution in [1.29, 1.82) is 0 Å². The van der Waals surface area contributed by atoms with Gasteiger partial charge in [-0.1, -0.05) is 6.07 Å². The van der Waals surface area contributed by atoms with Crippen LogP contribution >= 0.6 is 12.2 Å². The number of rotatable bonds is 6. The van der Waals surface area contributed by atoms with Crippen LogP contribution in [0.4, 0.5) is 5.69 Å². The Morgan fingerprint density at radius 2 is 2.42 bits per heavy atom. The molecule has 0 atom stereocenters. The number of aromatic nitrogens is 2. The number of nitrogens with one attached hydrogen (secondary N) is 2. The lowest BCUT2D eigenvalue weighted by Gasteiger charge is -2.07. The third-order valence-electron chi connectivity index (χ3n) is 3.03. The van der Waals surface area contributed by atoms with Crippen LogP contribution in [-0.4, -0.2) is 32.9 Å². The summed E-state index contributed by atoms with van der Waals surface area (Å²) in [5.74, 6) is 5.33. The summed E-state index contributed by atoms with van der Waals surface area (Å²) in [5, 5.41) is 15.2. The van der Waals surface area contributed by atoms with Crippen LogP contribution in [0.15, 0.2) is 35.8 Å². The minimum Gasteiger partial charge on any atom is -0.490 e. The number of hydrazine groups is 1. The molecule has 0 saturated carbocycles. The molecule has 1 heterocycles. The Balaban J connectivity index is 2.18. The predicted octanol–water partition coefficient (Wildman–Crippen LogP) is 0.520. The number of nitrogens with two attached hydrogens (primary N) is 1. The first-order valence-corrected chi connectivity index (χ1v) is 7.07. The number of nitro benzene ring substituents is 1. The summed E-state index contributed by atoms with van der Waals surface area (Å²) in [5.41, 5.74) is 6.07. The zero-order valence-electron chi connectivity index (χ0n) is 12.7. The maximum Gasteiger partial charge on any atom is 0.311 e. The number of hydrazone groups is 1. The number of nitro groups is 1. The molecule has 2 aromatic rings. The van der Waals surface area contributed by atoms with E-state index in [0.29, 0.717) is 12.2 Å². The Kier molecular flexibility index (Phi) is 5.76. The van der Waals surface area contributed by atoms with Crippen molar-refractivity contribution in [2.75, 3.05) is 7.11 Å². The lowest BCUT2D eigenvalue weighted by atomic mass is 10.2. The van der Waals surface area contributed by atoms with Crippen LogP contribution in [0.25, 0.3) is 0 Å². The van der Waals surface area contributed by atoms with Gasteiger partial charge in [-0.05, 0) is 23.8 Å². The van der Waals surface area contributed by atoms with Gasteiger partial charge in [-0.15, -0.1) is 0 Å². The largest absolute Gasteiger partial charge is 0.490 e. The molecule has 0 aliphatic rings. The van der Waals surface area contributed by atoms with E-state index in [1.54, 1.807) is 29.2 Å². The van der Waals surface area contributed by atoms with E-state index in [-0.39, 0.29) is 16.5 Å². The molecule has 10 nitrogen and oxygen atoms in total. The van der Waals surface area contributed by atoms with Gasteiger partial charge in [0, 0.05) is 12.6 Å². The fourth-order valence-corrected chi connectivity index (χ4v) is 1.99. The minimum atomic E-state index is -0.483. The summed E-state index contributed by atoms with van der Waals surface area (Å²) in [6, 6.07) is 4.77. The normalized spacial score (nSPS) is 10.6. The molecule has 0 fully saturated rings. The zero-order chi connectivity index (χ0) is 17.5. The quantitative estimate of drug-likeness (QED) is 0.226. The van der Waals surface area contributed by atoms with Gasteiger partial charge in [-0.2, -0.15) is 5.10 Å². The van der Waals surface area contributed by atoms with E-state index < -0.39 is 4.92 Å². The van der Waals surface area contributed by atoms with Crippen LogP contribution in [0.3, 0.4) is 0 Å². The summed E-state index contributed by atoms with van der Waals surface area (Å²) in [7, 11) is 1.39. The van der Waals surface area contributed by atoms with Gasteiger partial charge in [-0.3, -0.25) is 21.0 Å². The van der Waals surface area contributed by atoms with Gasteiger partial charge in [0.25, 0.3) is 0 Å². The molecule has 0 bridgehead atoms. The second-order valence-electron chi connectivity index (χ2n) is 4.55. The summed E-state index contributed by atoms with van der Waals surface area (Å²) in [6.45, 7) is 0.381. The first-order chi connectivity index (χ1) is 11.5. The van der Waals surface area contributed by atoms with Crippen molar-refractivity contribution in [1.82, 2.24) is 20.4 Å². The third-order valence-corrected chi connectivity index (χ3v) is 3.24. The molecule has 11 heteroatoms. The molecule has 0 aliphatic heterocycles. The molecule has 1 aromatic heterocycles. The van der Waals surface area contributed by atoms with Crippen LogP contribution in [0.2, 0.25) is 0 Å². The summed E-state index contributed by atoms with van der Waals surface area (Å²) in [4.78, 5) is 14.6. The number of hydrogen-bond acceptors (Lipinski definition) is 7. The molecule has 4 N–H and O–H groups in total. The van der Waals surface area contributed by atoms with Crippen LogP contribution in [0.1, 0.15) is 11.3 Å². The van der Waals surface area contributed by atoms with E-state index in [1.165, 1.54) is 19.4 Å². The lowest BCUT2D eigenvalue weighted by Crippen LogP contribution is -2.37. The molecule has 1 aromatic carbocycles. The van der Waals surface area contributed by atoms with Crippen LogP contribution in [0, 0.1) is 10.1 Å². The molecule has 0 unspecified atom stereocenters. The van der Waals surface area contributed by atoms with Crippen molar-refractivity contribution >= 4 is 29.2 Å². The molecule has 0 radical (unpaired) electrons. The van der Waals surface area contributed by atoms with Gasteiger partial charge >= 0.3 is 5.69 Å². The van der Waals surface area contributed by atoms with Gasteiger partial charge in [-0.25, -0.2) is 10.8 Å². The zero-order valence-corrected chi connectivity index (χ0v) is 13.5. The van der Waals surface area contributed by atoms with Gasteiger partial charge in [0.05, 0.1) is 36.5 Å². The van der Waals surface area contributed by atoms with Gasteiger partial charge < -0.3 is 9.30 Å². The molecule has 0 aliphatic carbocycles. The van der Waals surface area contributed by atoms with Crippen LogP contribution < -0.4 is 21.4 Å². The molecule has 126 valence electrons. The summed E-state index contributed by atoms with van der Waals surface area (Å²) in [6.07, 6.45) is 4.70. The number of ether oxygens (including phenoxy) is 1. The average molecular weight is 349 g/mol. The highest BCUT2D eigenvalue weighted by Crippen LogP contribution is 2.27. The Hall–Kier alpha value is -3.05. The highest BCUT2D eigenvalue weighted by Gasteiger charge is 2.15. The van der Waals surface area contributed by atoms with E-state index in [2.05, 4.69) is 20.9 Å².